The highest BCUT2D eigenvalue weighted by molar-refractivity contribution is 6.17. The highest BCUT2D eigenvalue weighted by atomic mass is 35.5. The van der Waals surface area contributed by atoms with E-state index in [1.807, 2.05) is 25.1 Å². The second-order valence-electron chi connectivity index (χ2n) is 4.26. The summed E-state index contributed by atoms with van der Waals surface area (Å²) in [6, 6.07) is 12.2. The van der Waals surface area contributed by atoms with Gasteiger partial charge in [0.1, 0.15) is 5.75 Å². The molecular formula is C15H14ClNO3. The number of aryl methyl sites for hydroxylation is 1. The average Bonchev–Trinajstić information content (AvgIpc) is 2.48. The SMILES string of the molecule is CCc1ccc(Oc2ccccc2CCl)c([N+](=O)[O-])c1. The molecule has 0 unspecified atom stereocenters. The van der Waals surface area contributed by atoms with Gasteiger partial charge in [-0.1, -0.05) is 31.2 Å². The molecule has 0 saturated carbocycles. The molecule has 0 amide bonds. The van der Waals surface area contributed by atoms with Crippen LogP contribution in [0.5, 0.6) is 11.5 Å². The van der Waals surface area contributed by atoms with E-state index in [1.165, 1.54) is 0 Å². The van der Waals surface area contributed by atoms with Gasteiger partial charge in [-0.05, 0) is 24.1 Å². The Labute approximate surface area is 122 Å². The number of halogens is 1. The predicted molar refractivity (Wildman–Crippen MR) is 78.5 cm³/mol. The zero-order valence-corrected chi connectivity index (χ0v) is 11.8. The number of rotatable bonds is 5. The van der Waals surface area contributed by atoms with Gasteiger partial charge in [-0.15, -0.1) is 11.6 Å². The number of nitrogens with zero attached hydrogens (tertiary/aromatic N) is 1. The predicted octanol–water partition coefficient (Wildman–Crippen LogP) is 4.69. The first-order chi connectivity index (χ1) is 9.65. The van der Waals surface area contributed by atoms with Gasteiger partial charge in [-0.3, -0.25) is 10.1 Å². The highest BCUT2D eigenvalue weighted by Crippen LogP contribution is 2.34. The first-order valence-electron chi connectivity index (χ1n) is 6.24. The monoisotopic (exact) mass is 291 g/mol. The van der Waals surface area contributed by atoms with Crippen LogP contribution in [-0.4, -0.2) is 4.92 Å². The van der Waals surface area contributed by atoms with Gasteiger partial charge in [-0.2, -0.15) is 0 Å². The van der Waals surface area contributed by atoms with Crippen molar-refractivity contribution in [2.24, 2.45) is 0 Å². The number of para-hydroxylation sites is 1. The average molecular weight is 292 g/mol. The fourth-order valence-electron chi connectivity index (χ4n) is 1.84. The Hall–Kier alpha value is -2.07. The number of nitro groups is 1. The number of hydrogen-bond donors (Lipinski definition) is 0. The number of alkyl halides is 1. The van der Waals surface area contributed by atoms with Crippen LogP contribution in [0.3, 0.4) is 0 Å². The Kier molecular flexibility index (Phi) is 4.58. The molecule has 2 aromatic rings. The van der Waals surface area contributed by atoms with Crippen molar-refractivity contribution in [3.05, 3.63) is 63.7 Å². The van der Waals surface area contributed by atoms with E-state index in [4.69, 9.17) is 16.3 Å². The topological polar surface area (TPSA) is 52.4 Å². The Morgan fingerprint density at radius 3 is 2.60 bits per heavy atom. The Balaban J connectivity index is 2.40. The van der Waals surface area contributed by atoms with Crippen molar-refractivity contribution in [2.75, 3.05) is 0 Å². The maximum Gasteiger partial charge on any atom is 0.311 e. The van der Waals surface area contributed by atoms with Crippen molar-refractivity contribution in [1.82, 2.24) is 0 Å². The van der Waals surface area contributed by atoms with E-state index in [1.54, 1.807) is 24.3 Å². The smallest absolute Gasteiger partial charge is 0.311 e. The summed E-state index contributed by atoms with van der Waals surface area (Å²) < 4.78 is 5.67. The fraction of sp³-hybridized carbons (Fsp3) is 0.200. The molecule has 4 nitrogen and oxygen atoms in total. The molecule has 0 atom stereocenters. The molecule has 0 aliphatic carbocycles. The van der Waals surface area contributed by atoms with E-state index in [-0.39, 0.29) is 17.3 Å². The first kappa shape index (κ1) is 14.3. The molecule has 2 aromatic carbocycles. The minimum Gasteiger partial charge on any atom is -0.450 e. The minimum absolute atomic E-state index is 0.0336. The van der Waals surface area contributed by atoms with Crippen molar-refractivity contribution in [3.63, 3.8) is 0 Å². The summed E-state index contributed by atoms with van der Waals surface area (Å²) in [6.07, 6.45) is 0.736. The van der Waals surface area contributed by atoms with E-state index >= 15 is 0 Å². The van der Waals surface area contributed by atoms with Crippen LogP contribution in [0.1, 0.15) is 18.1 Å². The minimum atomic E-state index is -0.433. The molecule has 0 spiro atoms. The molecule has 0 saturated heterocycles. The normalized spacial score (nSPS) is 10.3. The van der Waals surface area contributed by atoms with Crippen molar-refractivity contribution < 1.29 is 9.66 Å². The molecular weight excluding hydrogens is 278 g/mol. The van der Waals surface area contributed by atoms with Gasteiger partial charge in [0.05, 0.1) is 10.8 Å². The third kappa shape index (κ3) is 3.08. The molecule has 0 radical (unpaired) electrons. The lowest BCUT2D eigenvalue weighted by atomic mass is 10.1. The molecule has 0 heterocycles. The van der Waals surface area contributed by atoms with Crippen LogP contribution in [0.25, 0.3) is 0 Å². The Bertz CT molecular complexity index is 628. The van der Waals surface area contributed by atoms with Gasteiger partial charge >= 0.3 is 5.69 Å². The van der Waals surface area contributed by atoms with Crippen LogP contribution in [0.4, 0.5) is 5.69 Å². The lowest BCUT2D eigenvalue weighted by molar-refractivity contribution is -0.385. The number of hydrogen-bond acceptors (Lipinski definition) is 3. The molecule has 0 fully saturated rings. The van der Waals surface area contributed by atoms with Gasteiger partial charge < -0.3 is 4.74 Å². The summed E-state index contributed by atoms with van der Waals surface area (Å²) >= 11 is 5.83. The molecule has 2 rings (SSSR count). The number of ether oxygens (including phenoxy) is 1. The zero-order chi connectivity index (χ0) is 14.5. The van der Waals surface area contributed by atoms with Crippen molar-refractivity contribution in [1.29, 1.82) is 0 Å². The Morgan fingerprint density at radius 2 is 1.95 bits per heavy atom. The van der Waals surface area contributed by atoms with Gasteiger partial charge in [0.2, 0.25) is 5.75 Å². The largest absolute Gasteiger partial charge is 0.450 e. The van der Waals surface area contributed by atoms with E-state index in [0.717, 1.165) is 17.5 Å². The molecule has 0 aliphatic rings. The van der Waals surface area contributed by atoms with Crippen molar-refractivity contribution in [3.8, 4) is 11.5 Å². The molecule has 0 N–H and O–H groups in total. The summed E-state index contributed by atoms with van der Waals surface area (Å²) in [6.45, 7) is 1.95. The number of benzene rings is 2. The lowest BCUT2D eigenvalue weighted by Crippen LogP contribution is -1.96. The van der Waals surface area contributed by atoms with E-state index < -0.39 is 4.92 Å². The fourth-order valence-corrected chi connectivity index (χ4v) is 2.06. The molecule has 0 bridgehead atoms. The van der Waals surface area contributed by atoms with Gasteiger partial charge in [-0.25, -0.2) is 0 Å². The lowest BCUT2D eigenvalue weighted by Gasteiger charge is -2.10. The van der Waals surface area contributed by atoms with Crippen LogP contribution < -0.4 is 4.74 Å². The molecule has 5 heteroatoms. The molecule has 0 aromatic heterocycles. The zero-order valence-electron chi connectivity index (χ0n) is 11.0. The Morgan fingerprint density at radius 1 is 1.20 bits per heavy atom. The summed E-state index contributed by atoms with van der Waals surface area (Å²) in [5, 5.41) is 11.1. The third-order valence-corrected chi connectivity index (χ3v) is 3.25. The maximum atomic E-state index is 11.1. The molecule has 104 valence electrons. The van der Waals surface area contributed by atoms with Gasteiger partial charge in [0, 0.05) is 11.6 Å². The van der Waals surface area contributed by atoms with Gasteiger partial charge in [0.25, 0.3) is 0 Å². The standard InChI is InChI=1S/C15H14ClNO3/c1-2-11-7-8-15(13(9-11)17(18)19)20-14-6-4-3-5-12(14)10-16/h3-9H,2,10H2,1H3. The second kappa shape index (κ2) is 6.39. The summed E-state index contributed by atoms with van der Waals surface area (Å²) in [5.74, 6) is 1.05. The van der Waals surface area contributed by atoms with E-state index in [2.05, 4.69) is 0 Å². The second-order valence-corrected chi connectivity index (χ2v) is 4.52. The van der Waals surface area contributed by atoms with Crippen molar-refractivity contribution >= 4 is 17.3 Å². The van der Waals surface area contributed by atoms with Crippen LogP contribution in [0.15, 0.2) is 42.5 Å². The summed E-state index contributed by atoms with van der Waals surface area (Å²) in [5.41, 5.74) is 1.66. The first-order valence-corrected chi connectivity index (χ1v) is 6.78. The van der Waals surface area contributed by atoms with Crippen molar-refractivity contribution in [2.45, 2.75) is 19.2 Å². The van der Waals surface area contributed by atoms with Gasteiger partial charge in [0.15, 0.2) is 0 Å². The van der Waals surface area contributed by atoms with Crippen LogP contribution in [-0.2, 0) is 12.3 Å². The van der Waals surface area contributed by atoms with E-state index in [0.29, 0.717) is 5.75 Å². The summed E-state index contributed by atoms with van der Waals surface area (Å²) in [4.78, 5) is 10.7. The van der Waals surface area contributed by atoms with Crippen LogP contribution in [0.2, 0.25) is 0 Å². The third-order valence-electron chi connectivity index (χ3n) is 2.96. The van der Waals surface area contributed by atoms with Crippen LogP contribution in [0, 0.1) is 10.1 Å². The highest BCUT2D eigenvalue weighted by Gasteiger charge is 2.17. The molecule has 0 aliphatic heterocycles. The maximum absolute atomic E-state index is 11.1. The number of nitro benzene ring substituents is 1. The quantitative estimate of drug-likeness (QED) is 0.456. The van der Waals surface area contributed by atoms with E-state index in [9.17, 15) is 10.1 Å². The summed E-state index contributed by atoms with van der Waals surface area (Å²) in [7, 11) is 0. The molecule has 20 heavy (non-hydrogen) atoms. The van der Waals surface area contributed by atoms with Crippen LogP contribution >= 0.6 is 11.6 Å².